The summed E-state index contributed by atoms with van der Waals surface area (Å²) in [6.45, 7) is 7.35. The van der Waals surface area contributed by atoms with Gasteiger partial charge in [-0.15, -0.1) is 24.0 Å². The third kappa shape index (κ3) is 5.23. The smallest absolute Gasteiger partial charge is 0.251 e. The molecule has 8 nitrogen and oxygen atoms in total. The Hall–Kier alpha value is -1.88. The molecule has 0 aliphatic carbocycles. The normalized spacial score (nSPS) is 19.8. The largest absolute Gasteiger partial charge is 0.368 e. The van der Waals surface area contributed by atoms with E-state index in [9.17, 15) is 4.79 Å². The van der Waals surface area contributed by atoms with Crippen LogP contribution >= 0.6 is 24.0 Å². The lowest BCUT2D eigenvalue weighted by Gasteiger charge is -2.37. The van der Waals surface area contributed by atoms with Gasteiger partial charge in [-0.05, 0) is 43.9 Å². The summed E-state index contributed by atoms with van der Waals surface area (Å²) in [6, 6.07) is 4.05. The molecule has 164 valence electrons. The van der Waals surface area contributed by atoms with Crippen molar-refractivity contribution in [2.24, 2.45) is 4.99 Å². The van der Waals surface area contributed by atoms with Crippen molar-refractivity contribution < 1.29 is 9.53 Å². The maximum absolute atomic E-state index is 12.5. The molecule has 0 spiro atoms. The molecule has 30 heavy (non-hydrogen) atoms. The minimum absolute atomic E-state index is 0. The van der Waals surface area contributed by atoms with E-state index >= 15 is 0 Å². The number of hydrogen-bond donors (Lipinski definition) is 2. The van der Waals surface area contributed by atoms with Gasteiger partial charge in [0, 0.05) is 63.7 Å². The summed E-state index contributed by atoms with van der Waals surface area (Å²) in [7, 11) is 0. The first kappa shape index (κ1) is 22.8. The Bertz CT molecular complexity index is 856. The van der Waals surface area contributed by atoms with Crippen LogP contribution in [-0.2, 0) is 16.0 Å². The Balaban J connectivity index is 0.00000256. The molecule has 1 unspecified atom stereocenters. The summed E-state index contributed by atoms with van der Waals surface area (Å²) in [6.07, 6.45) is 6.29. The van der Waals surface area contributed by atoms with Gasteiger partial charge in [-0.25, -0.2) is 4.98 Å². The second kappa shape index (κ2) is 10.9. The SMILES string of the molecule is CCNC(=NCCc1c[nH]c2ncccc12)N1CCN(C(=O)C2CCCO2)CC1.I. The van der Waals surface area contributed by atoms with Gasteiger partial charge in [0.05, 0.1) is 0 Å². The van der Waals surface area contributed by atoms with Gasteiger partial charge in [0.2, 0.25) is 0 Å². The number of carbonyl (C=O) groups is 1. The molecule has 2 aliphatic rings. The number of aromatic amines is 1. The number of rotatable bonds is 5. The van der Waals surface area contributed by atoms with Crippen molar-refractivity contribution in [1.82, 2.24) is 25.1 Å². The Morgan fingerprint density at radius 1 is 1.33 bits per heavy atom. The fourth-order valence-electron chi connectivity index (χ4n) is 4.04. The summed E-state index contributed by atoms with van der Waals surface area (Å²) >= 11 is 0. The molecule has 1 amide bonds. The molecular formula is C21H31IN6O2. The van der Waals surface area contributed by atoms with Crippen LogP contribution in [0.1, 0.15) is 25.3 Å². The average Bonchev–Trinajstić information content (AvgIpc) is 3.43. The van der Waals surface area contributed by atoms with E-state index in [0.717, 1.165) is 69.0 Å². The van der Waals surface area contributed by atoms with Gasteiger partial charge in [-0.2, -0.15) is 0 Å². The number of H-pyrrole nitrogens is 1. The molecule has 2 fully saturated rings. The molecular weight excluding hydrogens is 495 g/mol. The second-order valence-electron chi connectivity index (χ2n) is 7.51. The zero-order valence-corrected chi connectivity index (χ0v) is 19.8. The van der Waals surface area contributed by atoms with Crippen LogP contribution in [0.15, 0.2) is 29.5 Å². The van der Waals surface area contributed by atoms with Gasteiger partial charge in [0.25, 0.3) is 5.91 Å². The first-order valence-electron chi connectivity index (χ1n) is 10.6. The van der Waals surface area contributed by atoms with E-state index in [2.05, 4.69) is 33.2 Å². The molecule has 4 heterocycles. The topological polar surface area (TPSA) is 85.9 Å². The van der Waals surface area contributed by atoms with Crippen LogP contribution in [-0.4, -0.2) is 83.6 Å². The fraction of sp³-hybridized carbons (Fsp3) is 0.571. The molecule has 0 aromatic carbocycles. The van der Waals surface area contributed by atoms with Crippen molar-refractivity contribution in [2.75, 3.05) is 45.9 Å². The van der Waals surface area contributed by atoms with Gasteiger partial charge in [0.1, 0.15) is 11.8 Å². The Kier molecular flexibility index (Phi) is 8.32. The number of carbonyl (C=O) groups excluding carboxylic acids is 1. The number of nitrogens with one attached hydrogen (secondary N) is 2. The minimum Gasteiger partial charge on any atom is -0.368 e. The quantitative estimate of drug-likeness (QED) is 0.354. The van der Waals surface area contributed by atoms with E-state index in [-0.39, 0.29) is 36.0 Å². The Morgan fingerprint density at radius 2 is 2.13 bits per heavy atom. The molecule has 2 N–H and O–H groups in total. The molecule has 0 bridgehead atoms. The molecule has 0 radical (unpaired) electrons. The van der Waals surface area contributed by atoms with Crippen molar-refractivity contribution in [3.8, 4) is 0 Å². The Labute approximate surface area is 194 Å². The van der Waals surface area contributed by atoms with E-state index in [1.807, 2.05) is 17.2 Å². The van der Waals surface area contributed by atoms with Gasteiger partial charge in [0.15, 0.2) is 5.96 Å². The highest BCUT2D eigenvalue weighted by atomic mass is 127. The van der Waals surface area contributed by atoms with Crippen molar-refractivity contribution in [2.45, 2.75) is 32.3 Å². The Morgan fingerprint density at radius 3 is 2.87 bits per heavy atom. The van der Waals surface area contributed by atoms with Crippen LogP contribution in [0.3, 0.4) is 0 Å². The number of amides is 1. The van der Waals surface area contributed by atoms with Crippen LogP contribution in [0, 0.1) is 0 Å². The van der Waals surface area contributed by atoms with Crippen LogP contribution in [0.4, 0.5) is 0 Å². The number of aromatic nitrogens is 2. The third-order valence-electron chi connectivity index (χ3n) is 5.61. The predicted molar refractivity (Wildman–Crippen MR) is 128 cm³/mol. The van der Waals surface area contributed by atoms with Gasteiger partial charge in [-0.1, -0.05) is 0 Å². The van der Waals surface area contributed by atoms with Crippen molar-refractivity contribution in [3.63, 3.8) is 0 Å². The molecule has 2 aliphatic heterocycles. The third-order valence-corrected chi connectivity index (χ3v) is 5.61. The van der Waals surface area contributed by atoms with Crippen molar-refractivity contribution >= 4 is 46.9 Å². The summed E-state index contributed by atoms with van der Waals surface area (Å²) in [5.74, 6) is 1.08. The molecule has 2 saturated heterocycles. The highest BCUT2D eigenvalue weighted by Crippen LogP contribution is 2.17. The number of ether oxygens (including phenoxy) is 1. The van der Waals surface area contributed by atoms with E-state index in [1.165, 1.54) is 5.56 Å². The van der Waals surface area contributed by atoms with E-state index in [4.69, 9.17) is 9.73 Å². The van der Waals surface area contributed by atoms with Gasteiger partial charge >= 0.3 is 0 Å². The number of piperazine rings is 1. The second-order valence-corrected chi connectivity index (χ2v) is 7.51. The summed E-state index contributed by atoms with van der Waals surface area (Å²) in [4.78, 5) is 29.1. The van der Waals surface area contributed by atoms with Gasteiger partial charge in [-0.3, -0.25) is 9.79 Å². The fourth-order valence-corrected chi connectivity index (χ4v) is 4.04. The lowest BCUT2D eigenvalue weighted by Crippen LogP contribution is -2.55. The predicted octanol–water partition coefficient (Wildman–Crippen LogP) is 2.01. The zero-order valence-electron chi connectivity index (χ0n) is 17.5. The summed E-state index contributed by atoms with van der Waals surface area (Å²) in [5.41, 5.74) is 2.16. The molecule has 2 aromatic heterocycles. The van der Waals surface area contributed by atoms with Gasteiger partial charge < -0.3 is 24.8 Å². The van der Waals surface area contributed by atoms with E-state index in [1.54, 1.807) is 6.20 Å². The number of halogens is 1. The zero-order chi connectivity index (χ0) is 20.1. The first-order chi connectivity index (χ1) is 14.3. The molecule has 4 rings (SSSR count). The van der Waals surface area contributed by atoms with Crippen LogP contribution < -0.4 is 5.32 Å². The van der Waals surface area contributed by atoms with Crippen LogP contribution in [0.25, 0.3) is 11.0 Å². The monoisotopic (exact) mass is 526 g/mol. The number of guanidine groups is 1. The van der Waals surface area contributed by atoms with E-state index in [0.29, 0.717) is 13.2 Å². The maximum atomic E-state index is 12.5. The molecule has 9 heteroatoms. The molecule has 1 atom stereocenters. The van der Waals surface area contributed by atoms with Crippen molar-refractivity contribution in [1.29, 1.82) is 0 Å². The number of fused-ring (bicyclic) bond motifs is 1. The standard InChI is InChI=1S/C21H30N6O2.HI/c1-2-22-21(24-9-7-16-15-25-19-17(16)5-3-8-23-19)27-12-10-26(11-13-27)20(28)18-6-4-14-29-18;/h3,5,8,15,18H,2,4,6-7,9-14H2,1H3,(H,22,24)(H,23,25);1H. The average molecular weight is 526 g/mol. The van der Waals surface area contributed by atoms with Crippen LogP contribution in [0.2, 0.25) is 0 Å². The minimum atomic E-state index is -0.228. The maximum Gasteiger partial charge on any atom is 0.251 e. The van der Waals surface area contributed by atoms with Crippen molar-refractivity contribution in [3.05, 3.63) is 30.1 Å². The first-order valence-corrected chi connectivity index (χ1v) is 10.6. The summed E-state index contributed by atoms with van der Waals surface area (Å²) in [5, 5.41) is 4.56. The summed E-state index contributed by atoms with van der Waals surface area (Å²) < 4.78 is 5.55. The molecule has 0 saturated carbocycles. The number of pyridine rings is 1. The number of aliphatic imine (C=N–C) groups is 1. The number of nitrogens with zero attached hydrogens (tertiary/aromatic N) is 4. The lowest BCUT2D eigenvalue weighted by atomic mass is 10.1. The lowest BCUT2D eigenvalue weighted by molar-refractivity contribution is -0.142. The highest BCUT2D eigenvalue weighted by molar-refractivity contribution is 14.0. The highest BCUT2D eigenvalue weighted by Gasteiger charge is 2.30. The molecule has 2 aromatic rings. The van der Waals surface area contributed by atoms with E-state index < -0.39 is 0 Å². The number of hydrogen-bond acceptors (Lipinski definition) is 4. The van der Waals surface area contributed by atoms with Crippen LogP contribution in [0.5, 0.6) is 0 Å².